The number of fused-ring (bicyclic) bond motifs is 1. The minimum Gasteiger partial charge on any atom is -0.448 e. The summed E-state index contributed by atoms with van der Waals surface area (Å²) in [7, 11) is 0. The number of aromatic nitrogens is 3. The van der Waals surface area contributed by atoms with Crippen LogP contribution in [0.5, 0.6) is 11.5 Å². The van der Waals surface area contributed by atoms with Crippen molar-refractivity contribution in [1.82, 2.24) is 15.2 Å². The van der Waals surface area contributed by atoms with Gasteiger partial charge in [-0.1, -0.05) is 11.8 Å². The van der Waals surface area contributed by atoms with Gasteiger partial charge in [-0.25, -0.2) is 4.98 Å². The van der Waals surface area contributed by atoms with Gasteiger partial charge >= 0.3 is 0 Å². The molecule has 1 amide bonds. The van der Waals surface area contributed by atoms with Crippen molar-refractivity contribution in [3.63, 3.8) is 0 Å². The second kappa shape index (κ2) is 5.77. The predicted octanol–water partition coefficient (Wildman–Crippen LogP) is 2.58. The van der Waals surface area contributed by atoms with E-state index in [-0.39, 0.29) is 11.7 Å². The number of carbonyl (C=O) groups excluding carboxylic acids is 1. The topological polar surface area (TPSA) is 89.1 Å². The number of H-pyrrole nitrogens is 1. The Morgan fingerprint density at radius 1 is 1.30 bits per heavy atom. The van der Waals surface area contributed by atoms with Crippen LogP contribution in [0.2, 0.25) is 0 Å². The minimum absolute atomic E-state index is 0.110. The van der Waals surface area contributed by atoms with Crippen LogP contribution < -0.4 is 14.8 Å². The molecule has 0 atom stereocenters. The van der Waals surface area contributed by atoms with Crippen LogP contribution in [0.25, 0.3) is 0 Å². The number of ether oxygens (including phenoxy) is 2. The number of nitrogens with one attached hydrogen (secondary N) is 2. The van der Waals surface area contributed by atoms with Crippen molar-refractivity contribution in [3.8, 4) is 11.5 Å². The van der Waals surface area contributed by atoms with Crippen LogP contribution in [-0.4, -0.2) is 32.6 Å². The molecule has 1 saturated carbocycles. The lowest BCUT2D eigenvalue weighted by atomic mass is 10.2. The normalized spacial score (nSPS) is 17.6. The van der Waals surface area contributed by atoms with E-state index in [0.717, 1.165) is 31.4 Å². The maximum Gasteiger partial charge on any atom is 0.251 e. The molecule has 7 nitrogen and oxygen atoms in total. The third-order valence-electron chi connectivity index (χ3n) is 3.92. The first-order chi connectivity index (χ1) is 11.2. The molecule has 8 heteroatoms. The van der Waals surface area contributed by atoms with Gasteiger partial charge in [-0.05, 0) is 25.0 Å². The molecule has 0 unspecified atom stereocenters. The number of hydrogen-bond donors (Lipinski definition) is 2. The molecule has 0 bridgehead atoms. The SMILES string of the molecule is O=C(CSc1ncn[nH]1)Nc1ccc2c(c1)OC1(CCCC1)O2. The zero-order valence-corrected chi connectivity index (χ0v) is 13.2. The second-order valence-corrected chi connectivity index (χ2v) is 6.57. The van der Waals surface area contributed by atoms with E-state index in [1.165, 1.54) is 18.1 Å². The van der Waals surface area contributed by atoms with Crippen molar-refractivity contribution in [2.75, 3.05) is 11.1 Å². The average molecular weight is 332 g/mol. The van der Waals surface area contributed by atoms with Crippen molar-refractivity contribution in [1.29, 1.82) is 0 Å². The van der Waals surface area contributed by atoms with E-state index in [9.17, 15) is 4.79 Å². The van der Waals surface area contributed by atoms with Gasteiger partial charge in [0.05, 0.1) is 5.75 Å². The minimum atomic E-state index is -0.479. The monoisotopic (exact) mass is 332 g/mol. The summed E-state index contributed by atoms with van der Waals surface area (Å²) < 4.78 is 11.9. The van der Waals surface area contributed by atoms with E-state index in [4.69, 9.17) is 9.47 Å². The Kier molecular flexibility index (Phi) is 3.60. The van der Waals surface area contributed by atoms with Crippen LogP contribution in [0.15, 0.2) is 29.7 Å². The van der Waals surface area contributed by atoms with Gasteiger partial charge in [0.2, 0.25) is 5.91 Å². The second-order valence-electron chi connectivity index (χ2n) is 5.61. The number of nitrogens with zero attached hydrogens (tertiary/aromatic N) is 2. The van der Waals surface area contributed by atoms with Crippen molar-refractivity contribution in [3.05, 3.63) is 24.5 Å². The molecular weight excluding hydrogens is 316 g/mol. The average Bonchev–Trinajstić information content (AvgIpc) is 3.26. The summed E-state index contributed by atoms with van der Waals surface area (Å²) in [4.78, 5) is 16.0. The van der Waals surface area contributed by atoms with E-state index in [0.29, 0.717) is 16.6 Å². The Balaban J connectivity index is 1.38. The summed E-state index contributed by atoms with van der Waals surface area (Å²) in [5.74, 6) is 1.12. The molecule has 23 heavy (non-hydrogen) atoms. The quantitative estimate of drug-likeness (QED) is 0.837. The van der Waals surface area contributed by atoms with Crippen LogP contribution in [0, 0.1) is 0 Å². The first-order valence-corrected chi connectivity index (χ1v) is 8.51. The fourth-order valence-corrected chi connectivity index (χ4v) is 3.46. The highest BCUT2D eigenvalue weighted by Gasteiger charge is 2.44. The van der Waals surface area contributed by atoms with E-state index < -0.39 is 5.79 Å². The Hall–Kier alpha value is -2.22. The fourth-order valence-electron chi connectivity index (χ4n) is 2.88. The smallest absolute Gasteiger partial charge is 0.251 e. The standard InChI is InChI=1S/C15H16N4O3S/c20-13(8-23-14-16-9-17-19-14)18-10-3-4-11-12(7-10)22-15(21-11)5-1-2-6-15/h3-4,7,9H,1-2,5-6,8H2,(H,18,20)(H,16,17,19). The Bertz CT molecular complexity index is 714. The molecule has 0 saturated heterocycles. The third-order valence-corrected chi connectivity index (χ3v) is 4.79. The van der Waals surface area contributed by atoms with Crippen LogP contribution in [0.1, 0.15) is 25.7 Å². The van der Waals surface area contributed by atoms with Gasteiger partial charge in [0.25, 0.3) is 5.79 Å². The van der Waals surface area contributed by atoms with Crippen LogP contribution in [-0.2, 0) is 4.79 Å². The fraction of sp³-hybridized carbons (Fsp3) is 0.400. The predicted molar refractivity (Wildman–Crippen MR) is 84.6 cm³/mol. The third kappa shape index (κ3) is 2.98. The maximum atomic E-state index is 12.0. The molecule has 4 rings (SSSR count). The number of aromatic amines is 1. The van der Waals surface area contributed by atoms with Gasteiger partial charge in [-0.3, -0.25) is 9.89 Å². The van der Waals surface area contributed by atoms with Crippen LogP contribution in [0.4, 0.5) is 5.69 Å². The summed E-state index contributed by atoms with van der Waals surface area (Å²) in [6, 6.07) is 5.49. The van der Waals surface area contributed by atoms with Crippen LogP contribution >= 0.6 is 11.8 Å². The van der Waals surface area contributed by atoms with Gasteiger partial charge in [0.15, 0.2) is 16.7 Å². The van der Waals surface area contributed by atoms with Crippen molar-refractivity contribution in [2.45, 2.75) is 36.6 Å². The number of carbonyl (C=O) groups is 1. The molecule has 1 aliphatic heterocycles. The number of anilines is 1. The zero-order valence-electron chi connectivity index (χ0n) is 12.4. The number of thioether (sulfide) groups is 1. The van der Waals surface area contributed by atoms with Crippen LogP contribution in [0.3, 0.4) is 0 Å². The number of hydrogen-bond acceptors (Lipinski definition) is 6. The zero-order chi connectivity index (χ0) is 15.7. The Morgan fingerprint density at radius 2 is 2.13 bits per heavy atom. The summed E-state index contributed by atoms with van der Waals surface area (Å²) in [6.07, 6.45) is 5.48. The highest BCUT2D eigenvalue weighted by atomic mass is 32.2. The molecule has 2 aromatic rings. The molecule has 1 fully saturated rings. The summed E-state index contributed by atoms with van der Waals surface area (Å²) in [5.41, 5.74) is 0.700. The van der Waals surface area contributed by atoms with Crippen molar-refractivity contribution < 1.29 is 14.3 Å². The summed E-state index contributed by atoms with van der Waals surface area (Å²) in [5, 5.41) is 9.92. The molecule has 0 radical (unpaired) electrons. The number of amides is 1. The maximum absolute atomic E-state index is 12.0. The molecule has 1 spiro atoms. The van der Waals surface area contributed by atoms with Gasteiger partial charge in [-0.2, -0.15) is 5.10 Å². The highest BCUT2D eigenvalue weighted by molar-refractivity contribution is 7.99. The number of benzene rings is 1. The summed E-state index contributed by atoms with van der Waals surface area (Å²) >= 11 is 1.30. The lowest BCUT2D eigenvalue weighted by Crippen LogP contribution is -2.34. The molecule has 1 aromatic carbocycles. The largest absolute Gasteiger partial charge is 0.448 e. The molecular formula is C15H16N4O3S. The van der Waals surface area contributed by atoms with E-state index in [2.05, 4.69) is 20.5 Å². The lowest BCUT2D eigenvalue weighted by molar-refractivity contribution is -0.113. The Morgan fingerprint density at radius 3 is 2.91 bits per heavy atom. The van der Waals surface area contributed by atoms with Gasteiger partial charge in [-0.15, -0.1) is 0 Å². The number of rotatable bonds is 4. The highest BCUT2D eigenvalue weighted by Crippen LogP contribution is 2.47. The first kappa shape index (κ1) is 14.4. The lowest BCUT2D eigenvalue weighted by Gasteiger charge is -2.21. The van der Waals surface area contributed by atoms with Crippen molar-refractivity contribution >= 4 is 23.4 Å². The van der Waals surface area contributed by atoms with E-state index in [1.54, 1.807) is 0 Å². The summed E-state index contributed by atoms with van der Waals surface area (Å²) in [6.45, 7) is 0. The van der Waals surface area contributed by atoms with Gasteiger partial charge in [0, 0.05) is 24.6 Å². The van der Waals surface area contributed by atoms with Gasteiger partial charge < -0.3 is 14.8 Å². The van der Waals surface area contributed by atoms with E-state index >= 15 is 0 Å². The molecule has 1 aliphatic carbocycles. The molecule has 120 valence electrons. The molecule has 2 aliphatic rings. The first-order valence-electron chi connectivity index (χ1n) is 7.53. The van der Waals surface area contributed by atoms with E-state index in [1.807, 2.05) is 18.2 Å². The van der Waals surface area contributed by atoms with Gasteiger partial charge in [0.1, 0.15) is 6.33 Å². The molecule has 2 N–H and O–H groups in total. The molecule has 2 heterocycles. The van der Waals surface area contributed by atoms with Crippen molar-refractivity contribution in [2.24, 2.45) is 0 Å². The Labute approximate surface area is 137 Å². The molecule has 1 aromatic heterocycles.